The first-order chi connectivity index (χ1) is 7.17. The Bertz CT molecular complexity index is 299. The highest BCUT2D eigenvalue weighted by molar-refractivity contribution is 9.09. The summed E-state index contributed by atoms with van der Waals surface area (Å²) in [7, 11) is 1.73. The van der Waals surface area contributed by atoms with E-state index in [9.17, 15) is 0 Å². The number of rotatable bonds is 6. The Labute approximate surface area is 99.9 Å². The Kier molecular flexibility index (Phi) is 5.32. The number of hydrogen-bond donors (Lipinski definition) is 0. The molecule has 1 unspecified atom stereocenters. The minimum Gasteiger partial charge on any atom is -0.384 e. The average molecular weight is 275 g/mol. The predicted molar refractivity (Wildman–Crippen MR) is 65.6 cm³/mol. The zero-order valence-corrected chi connectivity index (χ0v) is 11.2. The monoisotopic (exact) mass is 274 g/mol. The van der Waals surface area contributed by atoms with E-state index in [1.807, 2.05) is 6.92 Å². The van der Waals surface area contributed by atoms with Gasteiger partial charge in [0.25, 0.3) is 0 Å². The van der Waals surface area contributed by atoms with Crippen LogP contribution in [0.1, 0.15) is 24.7 Å². The Morgan fingerprint density at radius 1 is 1.60 bits per heavy atom. The molecule has 0 fully saturated rings. The van der Waals surface area contributed by atoms with Crippen LogP contribution in [0.2, 0.25) is 0 Å². The molecule has 3 nitrogen and oxygen atoms in total. The molecule has 0 amide bonds. The predicted octanol–water partition coefficient (Wildman–Crippen LogP) is 2.55. The summed E-state index contributed by atoms with van der Waals surface area (Å²) in [4.78, 5) is 0.433. The topological polar surface area (TPSA) is 27.1 Å². The number of hydrogen-bond acceptors (Lipinski definition) is 2. The molecule has 1 aromatic heterocycles. The maximum absolute atomic E-state index is 5.08. The summed E-state index contributed by atoms with van der Waals surface area (Å²) < 4.78 is 7.16. The van der Waals surface area contributed by atoms with Gasteiger partial charge in [0.15, 0.2) is 0 Å². The number of aromatic nitrogens is 2. The standard InChI is InChI=1S/C11H19BrN2O/c1-4-14-11(7-9(2)13-14)6-5-10(12)8-15-3/h7,10H,4-6,8H2,1-3H3. The van der Waals surface area contributed by atoms with Gasteiger partial charge in [0, 0.05) is 24.2 Å². The van der Waals surface area contributed by atoms with Crippen molar-refractivity contribution in [2.45, 2.75) is 38.1 Å². The largest absolute Gasteiger partial charge is 0.384 e. The Hall–Kier alpha value is -0.350. The molecule has 0 N–H and O–H groups in total. The molecule has 1 heterocycles. The van der Waals surface area contributed by atoms with Crippen molar-refractivity contribution in [3.63, 3.8) is 0 Å². The quantitative estimate of drug-likeness (QED) is 0.746. The Morgan fingerprint density at radius 2 is 2.33 bits per heavy atom. The molecule has 0 aliphatic rings. The summed E-state index contributed by atoms with van der Waals surface area (Å²) in [6.45, 7) is 5.87. The SMILES string of the molecule is CCn1nc(C)cc1CCC(Br)COC. The zero-order valence-electron chi connectivity index (χ0n) is 9.66. The second-order valence-electron chi connectivity index (χ2n) is 3.68. The molecule has 1 aromatic rings. The molecule has 4 heteroatoms. The fourth-order valence-corrected chi connectivity index (χ4v) is 2.14. The molecular weight excluding hydrogens is 256 g/mol. The molecule has 15 heavy (non-hydrogen) atoms. The lowest BCUT2D eigenvalue weighted by Crippen LogP contribution is -2.10. The van der Waals surface area contributed by atoms with Crippen molar-refractivity contribution in [2.75, 3.05) is 13.7 Å². The molecule has 0 bridgehead atoms. The third-order valence-electron chi connectivity index (χ3n) is 2.35. The minimum atomic E-state index is 0.433. The highest BCUT2D eigenvalue weighted by Gasteiger charge is 2.08. The van der Waals surface area contributed by atoms with Crippen LogP contribution in [0.4, 0.5) is 0 Å². The zero-order chi connectivity index (χ0) is 11.3. The molecule has 0 aliphatic carbocycles. The smallest absolute Gasteiger partial charge is 0.0596 e. The minimum absolute atomic E-state index is 0.433. The molecular formula is C11H19BrN2O. The summed E-state index contributed by atoms with van der Waals surface area (Å²) in [5.41, 5.74) is 2.42. The van der Waals surface area contributed by atoms with Gasteiger partial charge in [0.2, 0.25) is 0 Å². The van der Waals surface area contributed by atoms with Gasteiger partial charge < -0.3 is 4.74 Å². The number of nitrogens with zero attached hydrogens (tertiary/aromatic N) is 2. The van der Waals surface area contributed by atoms with Gasteiger partial charge in [-0.15, -0.1) is 0 Å². The second-order valence-corrected chi connectivity index (χ2v) is 4.98. The summed E-state index contributed by atoms with van der Waals surface area (Å²) in [5, 5.41) is 4.42. The van der Waals surface area contributed by atoms with Crippen LogP contribution in [-0.2, 0) is 17.7 Å². The lowest BCUT2D eigenvalue weighted by atomic mass is 10.2. The average Bonchev–Trinajstić information content (AvgIpc) is 2.56. The summed E-state index contributed by atoms with van der Waals surface area (Å²) >= 11 is 3.59. The maximum Gasteiger partial charge on any atom is 0.0596 e. The van der Waals surface area contributed by atoms with E-state index >= 15 is 0 Å². The van der Waals surface area contributed by atoms with Gasteiger partial charge in [0.1, 0.15) is 0 Å². The number of alkyl halides is 1. The molecule has 1 rings (SSSR count). The lowest BCUT2D eigenvalue weighted by molar-refractivity contribution is 0.198. The van der Waals surface area contributed by atoms with Crippen LogP contribution in [0.3, 0.4) is 0 Å². The van der Waals surface area contributed by atoms with Crippen molar-refractivity contribution < 1.29 is 4.74 Å². The van der Waals surface area contributed by atoms with E-state index in [1.54, 1.807) is 7.11 Å². The maximum atomic E-state index is 5.08. The molecule has 0 spiro atoms. The molecule has 0 saturated heterocycles. The highest BCUT2D eigenvalue weighted by Crippen LogP contribution is 2.12. The molecule has 0 saturated carbocycles. The van der Waals surface area contributed by atoms with Gasteiger partial charge in [-0.05, 0) is 32.8 Å². The first-order valence-corrected chi connectivity index (χ1v) is 6.25. The lowest BCUT2D eigenvalue weighted by Gasteiger charge is -2.09. The highest BCUT2D eigenvalue weighted by atomic mass is 79.9. The van der Waals surface area contributed by atoms with Gasteiger partial charge in [-0.3, -0.25) is 4.68 Å². The van der Waals surface area contributed by atoms with Crippen LogP contribution >= 0.6 is 15.9 Å². The van der Waals surface area contributed by atoms with Gasteiger partial charge in [0.05, 0.1) is 12.3 Å². The van der Waals surface area contributed by atoms with E-state index in [-0.39, 0.29) is 0 Å². The fourth-order valence-electron chi connectivity index (χ4n) is 1.64. The normalized spacial score (nSPS) is 13.1. The molecule has 1 atom stereocenters. The van der Waals surface area contributed by atoms with Crippen LogP contribution in [0.5, 0.6) is 0 Å². The van der Waals surface area contributed by atoms with Crippen LogP contribution in [0.15, 0.2) is 6.07 Å². The van der Waals surface area contributed by atoms with E-state index in [2.05, 4.69) is 38.7 Å². The molecule has 0 radical (unpaired) electrons. The van der Waals surface area contributed by atoms with Gasteiger partial charge in [-0.25, -0.2) is 0 Å². The Balaban J connectivity index is 2.49. The van der Waals surface area contributed by atoms with E-state index in [1.165, 1.54) is 5.69 Å². The molecule has 86 valence electrons. The number of halogens is 1. The summed E-state index contributed by atoms with van der Waals surface area (Å²) in [6.07, 6.45) is 2.13. The van der Waals surface area contributed by atoms with Gasteiger partial charge in [-0.1, -0.05) is 15.9 Å². The van der Waals surface area contributed by atoms with Crippen LogP contribution in [-0.4, -0.2) is 28.3 Å². The summed E-state index contributed by atoms with van der Waals surface area (Å²) in [6, 6.07) is 2.16. The van der Waals surface area contributed by atoms with E-state index < -0.39 is 0 Å². The van der Waals surface area contributed by atoms with Crippen molar-refractivity contribution in [3.05, 3.63) is 17.5 Å². The van der Waals surface area contributed by atoms with Crippen LogP contribution in [0.25, 0.3) is 0 Å². The fraction of sp³-hybridized carbons (Fsp3) is 0.727. The third-order valence-corrected chi connectivity index (χ3v) is 3.07. The van der Waals surface area contributed by atoms with E-state index in [0.29, 0.717) is 4.83 Å². The van der Waals surface area contributed by atoms with E-state index in [4.69, 9.17) is 4.74 Å². The number of ether oxygens (including phenoxy) is 1. The van der Waals surface area contributed by atoms with Crippen molar-refractivity contribution in [1.82, 2.24) is 9.78 Å². The van der Waals surface area contributed by atoms with Gasteiger partial charge >= 0.3 is 0 Å². The van der Waals surface area contributed by atoms with Gasteiger partial charge in [-0.2, -0.15) is 5.10 Å². The summed E-state index contributed by atoms with van der Waals surface area (Å²) in [5.74, 6) is 0. The van der Waals surface area contributed by atoms with E-state index in [0.717, 1.165) is 31.7 Å². The first-order valence-electron chi connectivity index (χ1n) is 5.33. The van der Waals surface area contributed by atoms with Crippen molar-refractivity contribution in [2.24, 2.45) is 0 Å². The second kappa shape index (κ2) is 6.28. The number of methoxy groups -OCH3 is 1. The molecule has 0 aliphatic heterocycles. The van der Waals surface area contributed by atoms with Crippen molar-refractivity contribution in [1.29, 1.82) is 0 Å². The van der Waals surface area contributed by atoms with Crippen molar-refractivity contribution >= 4 is 15.9 Å². The molecule has 0 aromatic carbocycles. The van der Waals surface area contributed by atoms with Crippen LogP contribution in [0, 0.1) is 6.92 Å². The Morgan fingerprint density at radius 3 is 2.93 bits per heavy atom. The first kappa shape index (κ1) is 12.7. The van der Waals surface area contributed by atoms with Crippen LogP contribution < -0.4 is 0 Å². The van der Waals surface area contributed by atoms with Crippen molar-refractivity contribution in [3.8, 4) is 0 Å². The number of aryl methyl sites for hydroxylation is 3. The third kappa shape index (κ3) is 3.95.